The number of aromatic nitrogens is 1. The maximum Gasteiger partial charge on any atom is 0.306 e. The monoisotopic (exact) mass is 259 g/mol. The molecule has 5 heteroatoms. The van der Waals surface area contributed by atoms with Crippen molar-refractivity contribution in [1.82, 2.24) is 4.98 Å². The fraction of sp³-hybridized carbons (Fsp3) is 0.636. The summed E-state index contributed by atoms with van der Waals surface area (Å²) in [4.78, 5) is 16.6. The lowest BCUT2D eigenvalue weighted by molar-refractivity contribution is -0.143. The van der Waals surface area contributed by atoms with E-state index >= 15 is 0 Å². The Bertz CT molecular complexity index is 326. The first-order valence-corrected chi connectivity index (χ1v) is 7.39. The molecule has 0 fully saturated rings. The van der Waals surface area contributed by atoms with Crippen LogP contribution in [0.3, 0.4) is 0 Å². The van der Waals surface area contributed by atoms with E-state index in [9.17, 15) is 4.79 Å². The van der Waals surface area contributed by atoms with Gasteiger partial charge < -0.3 is 4.74 Å². The zero-order valence-electron chi connectivity index (χ0n) is 9.69. The van der Waals surface area contributed by atoms with Crippen molar-refractivity contribution in [2.75, 3.05) is 18.1 Å². The third kappa shape index (κ3) is 4.99. The van der Waals surface area contributed by atoms with Crippen molar-refractivity contribution in [3.05, 3.63) is 16.1 Å². The first-order valence-electron chi connectivity index (χ1n) is 5.36. The van der Waals surface area contributed by atoms with E-state index in [1.165, 1.54) is 4.88 Å². The highest BCUT2D eigenvalue weighted by Crippen LogP contribution is 2.12. The quantitative estimate of drug-likeness (QED) is 0.557. The van der Waals surface area contributed by atoms with Crippen molar-refractivity contribution in [2.24, 2.45) is 0 Å². The smallest absolute Gasteiger partial charge is 0.306 e. The number of carbonyl (C=O) groups excluding carboxylic acids is 1. The van der Waals surface area contributed by atoms with Crippen LogP contribution in [0, 0.1) is 6.92 Å². The Morgan fingerprint density at radius 2 is 2.44 bits per heavy atom. The number of hydrogen-bond donors (Lipinski definition) is 0. The molecule has 1 aromatic heterocycles. The molecule has 0 amide bonds. The van der Waals surface area contributed by atoms with Gasteiger partial charge in [0, 0.05) is 17.1 Å². The average molecular weight is 259 g/mol. The summed E-state index contributed by atoms with van der Waals surface area (Å²) < 4.78 is 5.14. The molecule has 0 saturated carbocycles. The van der Waals surface area contributed by atoms with Crippen LogP contribution in [-0.2, 0) is 16.0 Å². The van der Waals surface area contributed by atoms with Gasteiger partial charge in [-0.3, -0.25) is 4.79 Å². The first kappa shape index (κ1) is 13.5. The number of thiazole rings is 1. The van der Waals surface area contributed by atoms with Crippen LogP contribution in [0.25, 0.3) is 0 Å². The predicted octanol–water partition coefficient (Wildman–Crippen LogP) is 2.68. The average Bonchev–Trinajstić information content (AvgIpc) is 2.65. The lowest BCUT2D eigenvalue weighted by Gasteiger charge is -2.03. The number of ether oxygens (including phenoxy) is 1. The maximum absolute atomic E-state index is 11.3. The van der Waals surface area contributed by atoms with Gasteiger partial charge in [0.15, 0.2) is 0 Å². The third-order valence-electron chi connectivity index (χ3n) is 2.09. The van der Waals surface area contributed by atoms with Gasteiger partial charge in [0.25, 0.3) is 0 Å². The fourth-order valence-corrected chi connectivity index (χ4v) is 2.56. The van der Waals surface area contributed by atoms with Gasteiger partial charge in [-0.15, -0.1) is 11.3 Å². The molecule has 0 bridgehead atoms. The number of hydrogen-bond acceptors (Lipinski definition) is 5. The highest BCUT2D eigenvalue weighted by atomic mass is 32.2. The first-order chi connectivity index (χ1) is 7.74. The fourth-order valence-electron chi connectivity index (χ4n) is 1.20. The van der Waals surface area contributed by atoms with E-state index in [-0.39, 0.29) is 5.97 Å². The minimum atomic E-state index is -0.0943. The molecule has 0 aliphatic carbocycles. The molecule has 1 aromatic rings. The Kier molecular flexibility index (Phi) is 6.49. The van der Waals surface area contributed by atoms with Gasteiger partial charge in [0.1, 0.15) is 0 Å². The summed E-state index contributed by atoms with van der Waals surface area (Å²) in [6.45, 7) is 4.53. The van der Waals surface area contributed by atoms with Gasteiger partial charge in [-0.2, -0.15) is 11.8 Å². The predicted molar refractivity (Wildman–Crippen MR) is 69.1 cm³/mol. The van der Waals surface area contributed by atoms with E-state index in [2.05, 4.69) is 11.9 Å². The molecular formula is C11H17NO2S2. The van der Waals surface area contributed by atoms with Crippen molar-refractivity contribution < 1.29 is 9.53 Å². The molecular weight excluding hydrogens is 242 g/mol. The Labute approximate surface area is 105 Å². The molecule has 3 nitrogen and oxygen atoms in total. The van der Waals surface area contributed by atoms with Crippen molar-refractivity contribution in [1.29, 1.82) is 0 Å². The summed E-state index contributed by atoms with van der Waals surface area (Å²) in [5, 5.41) is 0. The summed E-state index contributed by atoms with van der Waals surface area (Å²) in [7, 11) is 0. The summed E-state index contributed by atoms with van der Waals surface area (Å²) >= 11 is 3.38. The van der Waals surface area contributed by atoms with Gasteiger partial charge in [0.05, 0.1) is 24.2 Å². The normalized spacial score (nSPS) is 10.4. The lowest BCUT2D eigenvalue weighted by atomic mass is 10.3. The second-order valence-electron chi connectivity index (χ2n) is 3.28. The Morgan fingerprint density at radius 1 is 1.62 bits per heavy atom. The van der Waals surface area contributed by atoms with Gasteiger partial charge in [0.2, 0.25) is 0 Å². The molecule has 90 valence electrons. The van der Waals surface area contributed by atoms with Crippen LogP contribution in [-0.4, -0.2) is 29.1 Å². The van der Waals surface area contributed by atoms with Gasteiger partial charge in [-0.05, 0) is 12.7 Å². The van der Waals surface area contributed by atoms with Crippen LogP contribution in [0.5, 0.6) is 0 Å². The van der Waals surface area contributed by atoms with Crippen molar-refractivity contribution in [3.63, 3.8) is 0 Å². The van der Waals surface area contributed by atoms with Crippen LogP contribution in [0.2, 0.25) is 0 Å². The highest BCUT2D eigenvalue weighted by molar-refractivity contribution is 7.99. The lowest BCUT2D eigenvalue weighted by Crippen LogP contribution is -2.08. The second kappa shape index (κ2) is 7.68. The molecule has 0 unspecified atom stereocenters. The minimum absolute atomic E-state index is 0.0943. The zero-order valence-corrected chi connectivity index (χ0v) is 11.3. The largest absolute Gasteiger partial charge is 0.465 e. The second-order valence-corrected chi connectivity index (χ2v) is 5.61. The van der Waals surface area contributed by atoms with E-state index in [1.54, 1.807) is 23.1 Å². The number of nitrogens with zero attached hydrogens (tertiary/aromatic N) is 1. The van der Waals surface area contributed by atoms with Crippen molar-refractivity contribution in [2.45, 2.75) is 26.7 Å². The van der Waals surface area contributed by atoms with E-state index in [1.807, 2.05) is 12.4 Å². The summed E-state index contributed by atoms with van der Waals surface area (Å²) in [5.41, 5.74) is 2.87. The summed E-state index contributed by atoms with van der Waals surface area (Å²) in [6, 6.07) is 0. The number of rotatable bonds is 7. The van der Waals surface area contributed by atoms with Crippen LogP contribution >= 0.6 is 23.1 Å². The topological polar surface area (TPSA) is 39.2 Å². The molecule has 0 saturated heterocycles. The number of aryl methyl sites for hydroxylation is 1. The van der Waals surface area contributed by atoms with E-state index in [0.29, 0.717) is 13.0 Å². The van der Waals surface area contributed by atoms with Crippen molar-refractivity contribution in [3.8, 4) is 0 Å². The standard InChI is InChI=1S/C11H17NO2S2/c1-3-15-7-5-11(13)14-6-4-10-9(2)12-8-16-10/h8H,3-7H2,1-2H3. The van der Waals surface area contributed by atoms with Crippen LogP contribution in [0.1, 0.15) is 23.9 Å². The molecule has 0 radical (unpaired) electrons. The maximum atomic E-state index is 11.3. The number of carbonyl (C=O) groups is 1. The molecule has 1 rings (SSSR count). The Balaban J connectivity index is 2.11. The van der Waals surface area contributed by atoms with E-state index < -0.39 is 0 Å². The molecule has 0 N–H and O–H groups in total. The molecule has 0 aliphatic heterocycles. The highest BCUT2D eigenvalue weighted by Gasteiger charge is 2.05. The molecule has 0 atom stereocenters. The molecule has 0 aromatic carbocycles. The van der Waals surface area contributed by atoms with E-state index in [4.69, 9.17) is 4.74 Å². The Hall–Kier alpha value is -0.550. The SMILES string of the molecule is CCSCCC(=O)OCCc1scnc1C. The minimum Gasteiger partial charge on any atom is -0.465 e. The summed E-state index contributed by atoms with van der Waals surface area (Å²) in [6.07, 6.45) is 1.29. The van der Waals surface area contributed by atoms with Crippen LogP contribution in [0.4, 0.5) is 0 Å². The van der Waals surface area contributed by atoms with Gasteiger partial charge in [-0.1, -0.05) is 6.92 Å². The third-order valence-corrected chi connectivity index (χ3v) is 3.99. The van der Waals surface area contributed by atoms with Crippen LogP contribution < -0.4 is 0 Å². The molecule has 0 spiro atoms. The molecule has 16 heavy (non-hydrogen) atoms. The van der Waals surface area contributed by atoms with Crippen molar-refractivity contribution >= 4 is 29.1 Å². The number of thioether (sulfide) groups is 1. The van der Waals surface area contributed by atoms with E-state index in [0.717, 1.165) is 23.6 Å². The van der Waals surface area contributed by atoms with Gasteiger partial charge in [-0.25, -0.2) is 4.98 Å². The molecule has 1 heterocycles. The van der Waals surface area contributed by atoms with Gasteiger partial charge >= 0.3 is 5.97 Å². The molecule has 0 aliphatic rings. The zero-order chi connectivity index (χ0) is 11.8. The van der Waals surface area contributed by atoms with Crippen LogP contribution in [0.15, 0.2) is 5.51 Å². The number of esters is 1. The summed E-state index contributed by atoms with van der Waals surface area (Å²) in [5.74, 6) is 1.81. The Morgan fingerprint density at radius 3 is 3.06 bits per heavy atom.